The lowest BCUT2D eigenvalue weighted by atomic mass is 10.1. The number of aromatic nitrogens is 2. The number of amides is 1. The van der Waals surface area contributed by atoms with Gasteiger partial charge in [-0.05, 0) is 42.1 Å². The summed E-state index contributed by atoms with van der Waals surface area (Å²) >= 11 is 1.65. The fourth-order valence-corrected chi connectivity index (χ4v) is 3.91. The Morgan fingerprint density at radius 3 is 2.88 bits per heavy atom. The molecule has 0 atom stereocenters. The molecular weight excluding hydrogens is 342 g/mol. The molecule has 3 aromatic heterocycles. The van der Waals surface area contributed by atoms with E-state index in [1.807, 2.05) is 24.3 Å². The van der Waals surface area contributed by atoms with Crippen LogP contribution < -0.4 is 5.32 Å². The van der Waals surface area contributed by atoms with E-state index in [0.29, 0.717) is 18.8 Å². The molecular formula is C21H19N3OS. The third-order valence-electron chi connectivity index (χ3n) is 4.33. The Morgan fingerprint density at radius 2 is 2.08 bits per heavy atom. The van der Waals surface area contributed by atoms with Crippen molar-refractivity contribution in [2.75, 3.05) is 0 Å². The van der Waals surface area contributed by atoms with Gasteiger partial charge in [-0.15, -0.1) is 11.3 Å². The monoisotopic (exact) mass is 361 g/mol. The normalized spacial score (nSPS) is 11.0. The molecule has 0 spiro atoms. The maximum Gasteiger partial charge on any atom is 0.268 e. The highest BCUT2D eigenvalue weighted by molar-refractivity contribution is 7.17. The standard InChI is InChI=1S/C21H19N3OS/c1-15-5-4-6-16(11-15)14-24-18-8-10-26-20(18)12-19(24)21(25)23-13-17-7-2-3-9-22-17/h2-12H,13-14H2,1H3,(H,23,25). The fraction of sp³-hybridized carbons (Fsp3) is 0.143. The van der Waals surface area contributed by atoms with E-state index in [-0.39, 0.29) is 5.91 Å². The molecule has 0 aliphatic rings. The van der Waals surface area contributed by atoms with Gasteiger partial charge < -0.3 is 9.88 Å². The minimum Gasteiger partial charge on any atom is -0.345 e. The number of pyridine rings is 1. The SMILES string of the molecule is Cc1cccc(Cn2c(C(=O)NCc3ccccn3)cc3sccc32)c1. The first-order valence-electron chi connectivity index (χ1n) is 8.51. The van der Waals surface area contributed by atoms with Crippen LogP contribution in [0.15, 0.2) is 66.2 Å². The summed E-state index contributed by atoms with van der Waals surface area (Å²) < 4.78 is 3.22. The van der Waals surface area contributed by atoms with Gasteiger partial charge in [-0.2, -0.15) is 0 Å². The number of nitrogens with zero attached hydrogens (tertiary/aromatic N) is 2. The Balaban J connectivity index is 1.62. The van der Waals surface area contributed by atoms with Gasteiger partial charge in [0, 0.05) is 12.7 Å². The molecule has 1 N–H and O–H groups in total. The van der Waals surface area contributed by atoms with Gasteiger partial charge in [-0.25, -0.2) is 0 Å². The number of carbonyl (C=O) groups excluding carboxylic acids is 1. The summed E-state index contributed by atoms with van der Waals surface area (Å²) in [6, 6.07) is 18.1. The van der Waals surface area contributed by atoms with E-state index in [1.165, 1.54) is 11.1 Å². The van der Waals surface area contributed by atoms with Crippen molar-refractivity contribution in [2.45, 2.75) is 20.0 Å². The molecule has 0 saturated carbocycles. The lowest BCUT2D eigenvalue weighted by molar-refractivity contribution is 0.0942. The lowest BCUT2D eigenvalue weighted by Crippen LogP contribution is -2.26. The van der Waals surface area contributed by atoms with E-state index >= 15 is 0 Å². The van der Waals surface area contributed by atoms with E-state index in [2.05, 4.69) is 57.5 Å². The second-order valence-electron chi connectivity index (χ2n) is 6.28. The molecule has 4 rings (SSSR count). The zero-order valence-electron chi connectivity index (χ0n) is 14.5. The van der Waals surface area contributed by atoms with Crippen molar-refractivity contribution in [1.82, 2.24) is 14.9 Å². The summed E-state index contributed by atoms with van der Waals surface area (Å²) in [4.78, 5) is 17.1. The van der Waals surface area contributed by atoms with Crippen LogP contribution in [-0.4, -0.2) is 15.5 Å². The highest BCUT2D eigenvalue weighted by Gasteiger charge is 2.16. The van der Waals surface area contributed by atoms with Gasteiger partial charge in [0.05, 0.1) is 22.5 Å². The summed E-state index contributed by atoms with van der Waals surface area (Å²) in [6.45, 7) is 3.18. The van der Waals surface area contributed by atoms with E-state index < -0.39 is 0 Å². The summed E-state index contributed by atoms with van der Waals surface area (Å²) in [5, 5.41) is 5.05. The molecule has 0 unspecified atom stereocenters. The highest BCUT2D eigenvalue weighted by atomic mass is 32.1. The number of aryl methyl sites for hydroxylation is 1. The number of hydrogen-bond acceptors (Lipinski definition) is 3. The molecule has 0 saturated heterocycles. The molecule has 0 aliphatic carbocycles. The van der Waals surface area contributed by atoms with Crippen LogP contribution in [0.2, 0.25) is 0 Å². The van der Waals surface area contributed by atoms with Crippen LogP contribution in [0.5, 0.6) is 0 Å². The fourth-order valence-electron chi connectivity index (χ4n) is 3.09. The van der Waals surface area contributed by atoms with Crippen molar-refractivity contribution in [2.24, 2.45) is 0 Å². The molecule has 26 heavy (non-hydrogen) atoms. The second kappa shape index (κ2) is 7.14. The minimum absolute atomic E-state index is 0.0771. The summed E-state index contributed by atoms with van der Waals surface area (Å²) in [5.74, 6) is -0.0771. The Bertz CT molecular complexity index is 1050. The number of fused-ring (bicyclic) bond motifs is 1. The number of thiophene rings is 1. The first-order chi connectivity index (χ1) is 12.7. The molecule has 0 fully saturated rings. The first kappa shape index (κ1) is 16.5. The Kier molecular flexibility index (Phi) is 4.54. The maximum atomic E-state index is 12.8. The molecule has 1 aromatic carbocycles. The van der Waals surface area contributed by atoms with E-state index in [9.17, 15) is 4.79 Å². The largest absolute Gasteiger partial charge is 0.345 e. The molecule has 4 aromatic rings. The number of rotatable bonds is 5. The quantitative estimate of drug-likeness (QED) is 0.573. The van der Waals surface area contributed by atoms with Crippen molar-refractivity contribution in [3.05, 3.63) is 88.7 Å². The predicted octanol–water partition coefficient (Wildman–Crippen LogP) is 4.38. The lowest BCUT2D eigenvalue weighted by Gasteiger charge is -2.11. The average molecular weight is 361 g/mol. The molecule has 0 bridgehead atoms. The number of nitrogens with one attached hydrogen (secondary N) is 1. The van der Waals surface area contributed by atoms with Crippen LogP contribution in [-0.2, 0) is 13.1 Å². The summed E-state index contributed by atoms with van der Waals surface area (Å²) in [6.07, 6.45) is 1.73. The zero-order chi connectivity index (χ0) is 17.9. The summed E-state index contributed by atoms with van der Waals surface area (Å²) in [5.41, 5.74) is 5.04. The van der Waals surface area contributed by atoms with Crippen molar-refractivity contribution in [3.8, 4) is 0 Å². The smallest absolute Gasteiger partial charge is 0.268 e. The highest BCUT2D eigenvalue weighted by Crippen LogP contribution is 2.26. The van der Waals surface area contributed by atoms with Crippen LogP contribution in [0.25, 0.3) is 10.2 Å². The molecule has 5 heteroatoms. The average Bonchev–Trinajstić information content (AvgIpc) is 3.23. The molecule has 0 aliphatic heterocycles. The number of benzene rings is 1. The molecule has 3 heterocycles. The van der Waals surface area contributed by atoms with Crippen LogP contribution in [0, 0.1) is 6.92 Å². The van der Waals surface area contributed by atoms with Crippen LogP contribution >= 0.6 is 11.3 Å². The number of hydrogen-bond donors (Lipinski definition) is 1. The van der Waals surface area contributed by atoms with Gasteiger partial charge in [0.15, 0.2) is 0 Å². The Hall–Kier alpha value is -2.92. The first-order valence-corrected chi connectivity index (χ1v) is 9.39. The predicted molar refractivity (Wildman–Crippen MR) is 106 cm³/mol. The van der Waals surface area contributed by atoms with Crippen molar-refractivity contribution < 1.29 is 4.79 Å². The van der Waals surface area contributed by atoms with Crippen LogP contribution in [0.4, 0.5) is 0 Å². The van der Waals surface area contributed by atoms with Crippen molar-refractivity contribution in [3.63, 3.8) is 0 Å². The zero-order valence-corrected chi connectivity index (χ0v) is 15.3. The minimum atomic E-state index is -0.0771. The van der Waals surface area contributed by atoms with Gasteiger partial charge in [0.1, 0.15) is 5.69 Å². The third-order valence-corrected chi connectivity index (χ3v) is 5.19. The van der Waals surface area contributed by atoms with Crippen molar-refractivity contribution >= 4 is 27.5 Å². The third kappa shape index (κ3) is 3.39. The van der Waals surface area contributed by atoms with E-state index in [4.69, 9.17) is 0 Å². The second-order valence-corrected chi connectivity index (χ2v) is 7.23. The molecule has 4 nitrogen and oxygen atoms in total. The van der Waals surface area contributed by atoms with E-state index in [1.54, 1.807) is 17.5 Å². The van der Waals surface area contributed by atoms with Gasteiger partial charge in [0.2, 0.25) is 0 Å². The molecule has 130 valence electrons. The van der Waals surface area contributed by atoms with Crippen LogP contribution in [0.1, 0.15) is 27.3 Å². The molecule has 0 radical (unpaired) electrons. The van der Waals surface area contributed by atoms with Gasteiger partial charge in [0.25, 0.3) is 5.91 Å². The summed E-state index contributed by atoms with van der Waals surface area (Å²) in [7, 11) is 0. The maximum absolute atomic E-state index is 12.8. The van der Waals surface area contributed by atoms with Crippen LogP contribution in [0.3, 0.4) is 0 Å². The Labute approximate surface area is 156 Å². The molecule has 1 amide bonds. The van der Waals surface area contributed by atoms with Gasteiger partial charge in [-0.3, -0.25) is 9.78 Å². The Morgan fingerprint density at radius 1 is 1.15 bits per heavy atom. The van der Waals surface area contributed by atoms with E-state index in [0.717, 1.165) is 15.9 Å². The number of carbonyl (C=O) groups is 1. The topological polar surface area (TPSA) is 46.9 Å². The van der Waals surface area contributed by atoms with Gasteiger partial charge >= 0.3 is 0 Å². The van der Waals surface area contributed by atoms with Gasteiger partial charge in [-0.1, -0.05) is 35.9 Å². The van der Waals surface area contributed by atoms with Crippen molar-refractivity contribution in [1.29, 1.82) is 0 Å².